The van der Waals surface area contributed by atoms with E-state index in [0.717, 1.165) is 12.1 Å². The Hall–Kier alpha value is -4.33. The minimum absolute atomic E-state index is 0.0906. The van der Waals surface area contributed by atoms with Gasteiger partial charge >= 0.3 is 6.03 Å². The number of nitrogens with zero attached hydrogens (tertiary/aromatic N) is 6. The molecule has 1 unspecified atom stereocenters. The Labute approximate surface area is 251 Å². The molecule has 1 aromatic heterocycles. The number of amides is 3. The summed E-state index contributed by atoms with van der Waals surface area (Å²) in [7, 11) is 3.90. The van der Waals surface area contributed by atoms with Gasteiger partial charge in [0.1, 0.15) is 0 Å². The third-order valence-electron chi connectivity index (χ3n) is 7.08. The summed E-state index contributed by atoms with van der Waals surface area (Å²) in [6, 6.07) is 13.7. The van der Waals surface area contributed by atoms with Crippen LogP contribution in [0.25, 0.3) is 11.4 Å². The van der Waals surface area contributed by atoms with Crippen molar-refractivity contribution in [3.05, 3.63) is 54.1 Å². The zero-order valence-corrected chi connectivity index (χ0v) is 24.9. The highest BCUT2D eigenvalue weighted by molar-refractivity contribution is 6.00. The lowest BCUT2D eigenvalue weighted by Gasteiger charge is -2.32. The standard InChI is InChI=1S/C30H39N9O4/c1-21-20-39(16-19-43-21)29-35-26(34-28(36-29)38-14-17-42-18-15-38)22-4-8-24(9-5-22)32-30(41)33-25-10-6-23(7-11-25)27(40)31-12-13-37(2)3/h4-11,21H,12-20H2,1-3H3,(H,31,40)(H2,32,33,41). The monoisotopic (exact) mass is 589 g/mol. The zero-order chi connectivity index (χ0) is 30.2. The number of urea groups is 1. The van der Waals surface area contributed by atoms with Gasteiger partial charge in [-0.1, -0.05) is 0 Å². The van der Waals surface area contributed by atoms with Gasteiger partial charge in [-0.2, -0.15) is 15.0 Å². The van der Waals surface area contributed by atoms with Gasteiger partial charge in [-0.3, -0.25) is 4.79 Å². The highest BCUT2D eigenvalue weighted by Crippen LogP contribution is 2.25. The van der Waals surface area contributed by atoms with Gasteiger partial charge in [0.05, 0.1) is 25.9 Å². The summed E-state index contributed by atoms with van der Waals surface area (Å²) in [5.41, 5.74) is 2.53. The number of anilines is 4. The van der Waals surface area contributed by atoms with Crippen LogP contribution in [0.2, 0.25) is 0 Å². The third-order valence-corrected chi connectivity index (χ3v) is 7.08. The Bertz CT molecular complexity index is 1380. The molecule has 2 aliphatic rings. The van der Waals surface area contributed by atoms with E-state index in [1.165, 1.54) is 0 Å². The molecule has 3 aromatic rings. The first-order valence-corrected chi connectivity index (χ1v) is 14.5. The number of carbonyl (C=O) groups is 2. The van der Waals surface area contributed by atoms with Gasteiger partial charge in [-0.05, 0) is 69.6 Å². The van der Waals surface area contributed by atoms with E-state index >= 15 is 0 Å². The van der Waals surface area contributed by atoms with Crippen LogP contribution in [0.4, 0.5) is 28.1 Å². The molecule has 43 heavy (non-hydrogen) atoms. The van der Waals surface area contributed by atoms with Gasteiger partial charge in [-0.25, -0.2) is 4.79 Å². The van der Waals surface area contributed by atoms with Crippen molar-refractivity contribution in [3.63, 3.8) is 0 Å². The van der Waals surface area contributed by atoms with E-state index in [0.29, 0.717) is 87.2 Å². The first-order chi connectivity index (χ1) is 20.8. The molecule has 228 valence electrons. The van der Waals surface area contributed by atoms with Gasteiger partial charge in [0.2, 0.25) is 11.9 Å². The maximum absolute atomic E-state index is 12.7. The molecule has 0 aliphatic carbocycles. The van der Waals surface area contributed by atoms with Crippen molar-refractivity contribution in [1.29, 1.82) is 0 Å². The summed E-state index contributed by atoms with van der Waals surface area (Å²) in [5, 5.41) is 8.52. The van der Waals surface area contributed by atoms with E-state index in [1.807, 2.05) is 50.2 Å². The average molecular weight is 590 g/mol. The van der Waals surface area contributed by atoms with Crippen molar-refractivity contribution in [3.8, 4) is 11.4 Å². The molecular formula is C30H39N9O4. The van der Waals surface area contributed by atoms with Crippen molar-refractivity contribution in [2.75, 3.05) is 93.6 Å². The van der Waals surface area contributed by atoms with Crippen LogP contribution < -0.4 is 25.8 Å². The molecule has 3 heterocycles. The molecule has 13 heteroatoms. The van der Waals surface area contributed by atoms with Crippen molar-refractivity contribution >= 4 is 35.2 Å². The largest absolute Gasteiger partial charge is 0.378 e. The normalized spacial score (nSPS) is 17.1. The van der Waals surface area contributed by atoms with E-state index in [2.05, 4.69) is 25.8 Å². The molecule has 3 N–H and O–H groups in total. The van der Waals surface area contributed by atoms with Crippen LogP contribution in [-0.2, 0) is 9.47 Å². The molecule has 0 spiro atoms. The third kappa shape index (κ3) is 8.37. The number of ether oxygens (including phenoxy) is 2. The lowest BCUT2D eigenvalue weighted by atomic mass is 10.2. The Balaban J connectivity index is 1.23. The highest BCUT2D eigenvalue weighted by atomic mass is 16.5. The summed E-state index contributed by atoms with van der Waals surface area (Å²) < 4.78 is 11.2. The second-order valence-electron chi connectivity index (χ2n) is 10.8. The quantitative estimate of drug-likeness (QED) is 0.342. The summed E-state index contributed by atoms with van der Waals surface area (Å²) in [4.78, 5) is 45.6. The molecular weight excluding hydrogens is 550 g/mol. The summed E-state index contributed by atoms with van der Waals surface area (Å²) >= 11 is 0. The Morgan fingerprint density at radius 3 is 2.09 bits per heavy atom. The Morgan fingerprint density at radius 2 is 1.47 bits per heavy atom. The van der Waals surface area contributed by atoms with Gasteiger partial charge in [-0.15, -0.1) is 0 Å². The Morgan fingerprint density at radius 1 is 0.860 bits per heavy atom. The zero-order valence-electron chi connectivity index (χ0n) is 24.9. The highest BCUT2D eigenvalue weighted by Gasteiger charge is 2.23. The summed E-state index contributed by atoms with van der Waals surface area (Å²) in [5.74, 6) is 1.66. The first-order valence-electron chi connectivity index (χ1n) is 14.5. The minimum Gasteiger partial charge on any atom is -0.378 e. The number of aromatic nitrogens is 3. The molecule has 3 amide bonds. The number of hydrogen-bond donors (Lipinski definition) is 3. The molecule has 5 rings (SSSR count). The van der Waals surface area contributed by atoms with Crippen molar-refractivity contribution in [1.82, 2.24) is 25.2 Å². The molecule has 2 saturated heterocycles. The number of benzene rings is 2. The van der Waals surface area contributed by atoms with E-state index in [1.54, 1.807) is 24.3 Å². The van der Waals surface area contributed by atoms with Crippen LogP contribution in [-0.4, -0.2) is 111 Å². The molecule has 0 radical (unpaired) electrons. The fourth-order valence-corrected chi connectivity index (χ4v) is 4.73. The smallest absolute Gasteiger partial charge is 0.323 e. The molecule has 0 saturated carbocycles. The van der Waals surface area contributed by atoms with E-state index in [-0.39, 0.29) is 12.0 Å². The first kappa shape index (κ1) is 30.1. The van der Waals surface area contributed by atoms with Crippen LogP contribution >= 0.6 is 0 Å². The second kappa shape index (κ2) is 14.2. The van der Waals surface area contributed by atoms with E-state index in [4.69, 9.17) is 24.4 Å². The van der Waals surface area contributed by atoms with Gasteiger partial charge in [0.25, 0.3) is 5.91 Å². The Kier molecular flexibility index (Phi) is 9.97. The van der Waals surface area contributed by atoms with Crippen LogP contribution in [0.15, 0.2) is 48.5 Å². The summed E-state index contributed by atoms with van der Waals surface area (Å²) in [6.07, 6.45) is 0.0906. The SMILES string of the molecule is CC1CN(c2nc(-c3ccc(NC(=O)Nc4ccc(C(=O)NCCN(C)C)cc4)cc3)nc(N3CCOCC3)n2)CCO1. The second-order valence-corrected chi connectivity index (χ2v) is 10.8. The van der Waals surface area contributed by atoms with Gasteiger partial charge in [0, 0.05) is 61.8 Å². The molecule has 2 aliphatic heterocycles. The van der Waals surface area contributed by atoms with Gasteiger partial charge < -0.3 is 40.1 Å². The van der Waals surface area contributed by atoms with Crippen molar-refractivity contribution in [2.24, 2.45) is 0 Å². The lowest BCUT2D eigenvalue weighted by molar-refractivity contribution is 0.0526. The number of nitrogens with one attached hydrogen (secondary N) is 3. The van der Waals surface area contributed by atoms with Crippen molar-refractivity contribution in [2.45, 2.75) is 13.0 Å². The number of rotatable bonds is 9. The topological polar surface area (TPSA) is 137 Å². The van der Waals surface area contributed by atoms with Gasteiger partial charge in [0.15, 0.2) is 5.82 Å². The predicted molar refractivity (Wildman–Crippen MR) is 166 cm³/mol. The molecule has 0 bridgehead atoms. The van der Waals surface area contributed by atoms with Crippen molar-refractivity contribution < 1.29 is 19.1 Å². The fraction of sp³-hybridized carbons (Fsp3) is 0.433. The maximum Gasteiger partial charge on any atom is 0.323 e. The lowest BCUT2D eigenvalue weighted by Crippen LogP contribution is -2.43. The summed E-state index contributed by atoms with van der Waals surface area (Å²) in [6.45, 7) is 8.08. The van der Waals surface area contributed by atoms with Crippen LogP contribution in [0.1, 0.15) is 17.3 Å². The molecule has 1 atom stereocenters. The molecule has 2 fully saturated rings. The van der Waals surface area contributed by atoms with Crippen LogP contribution in [0.5, 0.6) is 0 Å². The van der Waals surface area contributed by atoms with E-state index in [9.17, 15) is 9.59 Å². The fourth-order valence-electron chi connectivity index (χ4n) is 4.73. The molecule has 2 aromatic carbocycles. The number of likely N-dealkylation sites (N-methyl/N-ethyl adjacent to an activating group) is 1. The number of morpholine rings is 2. The molecule has 13 nitrogen and oxygen atoms in total. The minimum atomic E-state index is -0.394. The number of carbonyl (C=O) groups excluding carboxylic acids is 2. The predicted octanol–water partition coefficient (Wildman–Crippen LogP) is 2.54. The van der Waals surface area contributed by atoms with Crippen LogP contribution in [0, 0.1) is 0 Å². The van der Waals surface area contributed by atoms with Crippen LogP contribution in [0.3, 0.4) is 0 Å². The maximum atomic E-state index is 12.7. The average Bonchev–Trinajstić information content (AvgIpc) is 3.02. The number of hydrogen-bond acceptors (Lipinski definition) is 10. The van der Waals surface area contributed by atoms with E-state index < -0.39 is 6.03 Å².